The van der Waals surface area contributed by atoms with Crippen molar-refractivity contribution < 1.29 is 4.42 Å². The lowest BCUT2D eigenvalue weighted by atomic mass is 9.89. The maximum Gasteiger partial charge on any atom is 0.164 e. The molecular weight excluding hydrogens is 599 g/mol. The Labute approximate surface area is 282 Å². The van der Waals surface area contributed by atoms with E-state index in [1.807, 2.05) is 60.7 Å². The zero-order valence-electron chi connectivity index (χ0n) is 26.3. The summed E-state index contributed by atoms with van der Waals surface area (Å²) in [6.45, 7) is 0. The van der Waals surface area contributed by atoms with Crippen molar-refractivity contribution in [2.24, 2.45) is 0 Å². The summed E-state index contributed by atoms with van der Waals surface area (Å²) < 4.78 is 6.21. The van der Waals surface area contributed by atoms with Gasteiger partial charge in [0.15, 0.2) is 17.5 Å². The lowest BCUT2D eigenvalue weighted by Crippen LogP contribution is -2.00. The Hall–Kier alpha value is -6.65. The normalized spacial score (nSPS) is 11.7. The van der Waals surface area contributed by atoms with Gasteiger partial charge in [0.25, 0.3) is 0 Å². The van der Waals surface area contributed by atoms with Gasteiger partial charge in [0, 0.05) is 27.5 Å². The van der Waals surface area contributed by atoms with E-state index in [9.17, 15) is 0 Å². The fraction of sp³-hybridized carbons (Fsp3) is 0. The van der Waals surface area contributed by atoms with Crippen LogP contribution in [0.25, 0.3) is 99.5 Å². The molecule has 0 unspecified atom stereocenters. The molecule has 49 heavy (non-hydrogen) atoms. The van der Waals surface area contributed by atoms with Gasteiger partial charge in [0.2, 0.25) is 0 Å². The van der Waals surface area contributed by atoms with E-state index < -0.39 is 0 Å². The van der Waals surface area contributed by atoms with Crippen molar-refractivity contribution >= 4 is 54.3 Å². The highest BCUT2D eigenvalue weighted by Crippen LogP contribution is 2.40. The SMILES string of the molecule is c1ccc(-c2nc(-c3ccc(-c4c5ccccc5cc5c4ccc4ccccc45)cc3)nc(-c3cccc4oc5ccccc5c34)n2)cc1. The van der Waals surface area contributed by atoms with Crippen molar-refractivity contribution in [3.05, 3.63) is 164 Å². The molecule has 228 valence electrons. The van der Waals surface area contributed by atoms with Crippen LogP contribution in [-0.4, -0.2) is 15.0 Å². The van der Waals surface area contributed by atoms with E-state index in [4.69, 9.17) is 19.4 Å². The molecule has 10 aromatic rings. The van der Waals surface area contributed by atoms with Gasteiger partial charge >= 0.3 is 0 Å². The third kappa shape index (κ3) is 4.49. The predicted octanol–water partition coefficient (Wildman–Crippen LogP) is 11.9. The summed E-state index contributed by atoms with van der Waals surface area (Å²) in [5.41, 5.74) is 6.78. The number of rotatable bonds is 4. The lowest BCUT2D eigenvalue weighted by Gasteiger charge is -2.14. The van der Waals surface area contributed by atoms with Crippen LogP contribution in [-0.2, 0) is 0 Å². The van der Waals surface area contributed by atoms with Crippen molar-refractivity contribution in [1.29, 1.82) is 0 Å². The lowest BCUT2D eigenvalue weighted by molar-refractivity contribution is 0.669. The molecule has 0 amide bonds. The second-order valence-corrected chi connectivity index (χ2v) is 12.4. The molecule has 0 radical (unpaired) electrons. The average Bonchev–Trinajstić information content (AvgIpc) is 3.56. The summed E-state index contributed by atoms with van der Waals surface area (Å²) in [7, 11) is 0. The number of para-hydroxylation sites is 1. The number of fused-ring (bicyclic) bond motifs is 7. The first-order valence-corrected chi connectivity index (χ1v) is 16.4. The number of aromatic nitrogens is 3. The van der Waals surface area contributed by atoms with E-state index in [0.29, 0.717) is 17.5 Å². The van der Waals surface area contributed by atoms with Gasteiger partial charge in [-0.1, -0.05) is 146 Å². The van der Waals surface area contributed by atoms with Crippen molar-refractivity contribution in [1.82, 2.24) is 15.0 Å². The zero-order valence-corrected chi connectivity index (χ0v) is 26.3. The smallest absolute Gasteiger partial charge is 0.164 e. The zero-order chi connectivity index (χ0) is 32.3. The molecule has 0 spiro atoms. The van der Waals surface area contributed by atoms with Gasteiger partial charge < -0.3 is 4.42 Å². The maximum absolute atomic E-state index is 6.21. The van der Waals surface area contributed by atoms with E-state index in [1.165, 1.54) is 37.9 Å². The monoisotopic (exact) mass is 625 g/mol. The van der Waals surface area contributed by atoms with Gasteiger partial charge in [-0.3, -0.25) is 0 Å². The van der Waals surface area contributed by atoms with Gasteiger partial charge in [-0.05, 0) is 61.6 Å². The molecule has 0 aliphatic carbocycles. The molecule has 0 atom stereocenters. The van der Waals surface area contributed by atoms with Crippen LogP contribution in [0.5, 0.6) is 0 Å². The van der Waals surface area contributed by atoms with Crippen molar-refractivity contribution in [3.63, 3.8) is 0 Å². The third-order valence-electron chi connectivity index (χ3n) is 9.51. The Balaban J connectivity index is 1.16. The van der Waals surface area contributed by atoms with Gasteiger partial charge in [-0.25, -0.2) is 15.0 Å². The second kappa shape index (κ2) is 11.0. The molecule has 0 aliphatic rings. The quantitative estimate of drug-likeness (QED) is 0.144. The van der Waals surface area contributed by atoms with Gasteiger partial charge in [-0.15, -0.1) is 0 Å². The largest absolute Gasteiger partial charge is 0.456 e. The van der Waals surface area contributed by atoms with E-state index in [1.54, 1.807) is 0 Å². The molecule has 0 saturated carbocycles. The Morgan fingerprint density at radius 2 is 0.959 bits per heavy atom. The van der Waals surface area contributed by atoms with Crippen LogP contribution in [0.3, 0.4) is 0 Å². The molecular formula is C45H27N3O. The number of benzene rings is 8. The standard InChI is InChI=1S/C45H27N3O/c1-2-12-30(13-3-1)43-46-44(48-45(47-43)37-18-10-20-40-42(37)36-17-8-9-19-39(36)49-40)31-23-21-29(22-24-31)41-34-16-7-5-14-32(34)27-38-33-15-6-4-11-28(33)25-26-35(38)41/h1-27H. The first-order chi connectivity index (χ1) is 24.3. The fourth-order valence-corrected chi connectivity index (χ4v) is 7.22. The molecule has 2 heterocycles. The molecule has 0 bridgehead atoms. The van der Waals surface area contributed by atoms with E-state index in [2.05, 4.69) is 103 Å². The maximum atomic E-state index is 6.21. The van der Waals surface area contributed by atoms with Crippen LogP contribution >= 0.6 is 0 Å². The van der Waals surface area contributed by atoms with Crippen LogP contribution in [0.2, 0.25) is 0 Å². The molecule has 4 heteroatoms. The Kier molecular flexibility index (Phi) is 6.15. The van der Waals surface area contributed by atoms with Crippen LogP contribution in [0, 0.1) is 0 Å². The summed E-state index contributed by atoms with van der Waals surface area (Å²) in [6.07, 6.45) is 0. The summed E-state index contributed by atoms with van der Waals surface area (Å²) in [6, 6.07) is 57.0. The summed E-state index contributed by atoms with van der Waals surface area (Å²) in [5.74, 6) is 1.85. The van der Waals surface area contributed by atoms with Gasteiger partial charge in [-0.2, -0.15) is 0 Å². The average molecular weight is 626 g/mol. The molecule has 4 nitrogen and oxygen atoms in total. The van der Waals surface area contributed by atoms with Crippen LogP contribution in [0.1, 0.15) is 0 Å². The number of nitrogens with zero attached hydrogens (tertiary/aromatic N) is 3. The Bertz CT molecular complexity index is 2870. The number of furan rings is 1. The molecule has 8 aromatic carbocycles. The highest BCUT2D eigenvalue weighted by atomic mass is 16.3. The Morgan fingerprint density at radius 3 is 1.78 bits per heavy atom. The first-order valence-electron chi connectivity index (χ1n) is 16.4. The highest BCUT2D eigenvalue weighted by molar-refractivity contribution is 6.20. The highest BCUT2D eigenvalue weighted by Gasteiger charge is 2.18. The minimum atomic E-state index is 0.608. The van der Waals surface area contributed by atoms with Crippen LogP contribution in [0.15, 0.2) is 168 Å². The van der Waals surface area contributed by atoms with Crippen LogP contribution < -0.4 is 0 Å². The predicted molar refractivity (Wildman–Crippen MR) is 201 cm³/mol. The Morgan fingerprint density at radius 1 is 0.347 bits per heavy atom. The number of hydrogen-bond donors (Lipinski definition) is 0. The van der Waals surface area contributed by atoms with E-state index >= 15 is 0 Å². The van der Waals surface area contributed by atoms with Crippen molar-refractivity contribution in [3.8, 4) is 45.3 Å². The van der Waals surface area contributed by atoms with Crippen molar-refractivity contribution in [2.45, 2.75) is 0 Å². The van der Waals surface area contributed by atoms with Crippen LogP contribution in [0.4, 0.5) is 0 Å². The first kappa shape index (κ1) is 27.5. The van der Waals surface area contributed by atoms with E-state index in [-0.39, 0.29) is 0 Å². The minimum absolute atomic E-state index is 0.608. The third-order valence-corrected chi connectivity index (χ3v) is 9.51. The van der Waals surface area contributed by atoms with Gasteiger partial charge in [0.05, 0.1) is 0 Å². The molecule has 0 saturated heterocycles. The molecule has 10 rings (SSSR count). The topological polar surface area (TPSA) is 51.8 Å². The fourth-order valence-electron chi connectivity index (χ4n) is 7.22. The molecule has 0 fully saturated rings. The van der Waals surface area contributed by atoms with Crippen molar-refractivity contribution in [2.75, 3.05) is 0 Å². The summed E-state index contributed by atoms with van der Waals surface area (Å²) in [5, 5.41) is 9.48. The summed E-state index contributed by atoms with van der Waals surface area (Å²) >= 11 is 0. The molecule has 2 aromatic heterocycles. The molecule has 0 aliphatic heterocycles. The minimum Gasteiger partial charge on any atom is -0.456 e. The molecule has 0 N–H and O–H groups in total. The van der Waals surface area contributed by atoms with E-state index in [0.717, 1.165) is 44.2 Å². The number of hydrogen-bond acceptors (Lipinski definition) is 4. The summed E-state index contributed by atoms with van der Waals surface area (Å²) in [4.78, 5) is 15.2. The second-order valence-electron chi connectivity index (χ2n) is 12.4. The van der Waals surface area contributed by atoms with Gasteiger partial charge in [0.1, 0.15) is 11.2 Å².